The number of H-pyrrole nitrogens is 3. The quantitative estimate of drug-likeness (QED) is 0.116. The average Bonchev–Trinajstić information content (AvgIpc) is 2.92. The maximum absolute atomic E-state index is 12.4. The Kier molecular flexibility index (Phi) is 9.79. The van der Waals surface area contributed by atoms with Gasteiger partial charge in [-0.15, -0.1) is 0 Å². The summed E-state index contributed by atoms with van der Waals surface area (Å²) in [6, 6.07) is 6.44. The Morgan fingerprint density at radius 1 is 0.550 bits per heavy atom. The van der Waals surface area contributed by atoms with E-state index in [9.17, 15) is 44.1 Å². The van der Waals surface area contributed by atoms with E-state index >= 15 is 0 Å². The Balaban J connectivity index is 1.59. The van der Waals surface area contributed by atoms with Crippen LogP contribution in [0.3, 0.4) is 0 Å². The van der Waals surface area contributed by atoms with Crippen LogP contribution < -0.4 is 32.6 Å². The first kappa shape index (κ1) is 29.2. The van der Waals surface area contributed by atoms with E-state index in [0.29, 0.717) is 0 Å². The van der Waals surface area contributed by atoms with Crippen molar-refractivity contribution >= 4 is 17.7 Å². The molecule has 0 saturated carbocycles. The highest BCUT2D eigenvalue weighted by Crippen LogP contribution is 2.12. The molecule has 0 atom stereocenters. The molecule has 0 aliphatic heterocycles. The second-order valence-corrected chi connectivity index (χ2v) is 8.36. The van der Waals surface area contributed by atoms with Gasteiger partial charge in [-0.1, -0.05) is 0 Å². The molecule has 3 aromatic rings. The van der Waals surface area contributed by atoms with Crippen molar-refractivity contribution in [3.63, 3.8) is 0 Å². The minimum absolute atomic E-state index is 0.0384. The predicted octanol–water partition coefficient (Wildman–Crippen LogP) is -2.24. The summed E-state index contributed by atoms with van der Waals surface area (Å²) in [6.07, 6.45) is 0. The van der Waals surface area contributed by atoms with Crippen LogP contribution in [0.5, 0.6) is 17.2 Å². The number of carbonyl (C=O) groups excluding carboxylic acids is 3. The number of aromatic hydroxyl groups is 3. The summed E-state index contributed by atoms with van der Waals surface area (Å²) < 4.78 is 0. The monoisotopic (exact) mass is 557 g/mol. The SMILES string of the molecule is O=C(NCCN(CCNC(=O)c1[nH]c(=O)ccc1O)CCNC(=O)c1[nH]c(=O)ccc1O)c1[nH]c(=O)ccc1O. The van der Waals surface area contributed by atoms with Crippen molar-refractivity contribution in [1.82, 2.24) is 35.8 Å². The van der Waals surface area contributed by atoms with E-state index in [1.807, 2.05) is 0 Å². The molecule has 0 aliphatic carbocycles. The first-order valence-electron chi connectivity index (χ1n) is 11.9. The van der Waals surface area contributed by atoms with Crippen molar-refractivity contribution in [2.45, 2.75) is 0 Å². The van der Waals surface area contributed by atoms with Crippen LogP contribution in [0.1, 0.15) is 31.5 Å². The van der Waals surface area contributed by atoms with Crippen LogP contribution in [-0.2, 0) is 0 Å². The van der Waals surface area contributed by atoms with Crippen LogP contribution in [0, 0.1) is 0 Å². The molecular weight excluding hydrogens is 530 g/mol. The Hall–Kier alpha value is -5.38. The predicted molar refractivity (Wildman–Crippen MR) is 140 cm³/mol. The smallest absolute Gasteiger partial charge is 0.271 e. The van der Waals surface area contributed by atoms with Crippen molar-refractivity contribution < 1.29 is 29.7 Å². The molecule has 0 unspecified atom stereocenters. The molecule has 3 heterocycles. The Labute approximate surface area is 224 Å². The molecule has 3 rings (SSSR count). The summed E-state index contributed by atoms with van der Waals surface area (Å²) in [7, 11) is 0. The fourth-order valence-electron chi connectivity index (χ4n) is 3.50. The molecule has 16 nitrogen and oxygen atoms in total. The second-order valence-electron chi connectivity index (χ2n) is 8.36. The highest BCUT2D eigenvalue weighted by molar-refractivity contribution is 5.95. The number of pyridine rings is 3. The first-order chi connectivity index (χ1) is 19.0. The van der Waals surface area contributed by atoms with Crippen molar-refractivity contribution in [2.75, 3.05) is 39.3 Å². The van der Waals surface area contributed by atoms with Gasteiger partial charge in [-0.3, -0.25) is 33.7 Å². The first-order valence-corrected chi connectivity index (χ1v) is 11.9. The van der Waals surface area contributed by atoms with Crippen molar-refractivity contribution in [1.29, 1.82) is 0 Å². The maximum Gasteiger partial charge on any atom is 0.271 e. The third-order valence-electron chi connectivity index (χ3n) is 5.51. The van der Waals surface area contributed by atoms with Gasteiger partial charge < -0.3 is 46.2 Å². The number of aromatic amines is 3. The summed E-state index contributed by atoms with van der Waals surface area (Å²) in [5, 5.41) is 37.1. The zero-order valence-corrected chi connectivity index (χ0v) is 20.9. The summed E-state index contributed by atoms with van der Waals surface area (Å²) >= 11 is 0. The van der Waals surface area contributed by atoms with E-state index in [1.54, 1.807) is 4.90 Å². The third-order valence-corrected chi connectivity index (χ3v) is 5.51. The van der Waals surface area contributed by atoms with E-state index in [1.165, 1.54) is 0 Å². The van der Waals surface area contributed by atoms with E-state index in [4.69, 9.17) is 0 Å². The molecule has 3 amide bonds. The molecular formula is C24H27N7O9. The average molecular weight is 558 g/mol. The molecule has 0 radical (unpaired) electrons. The highest BCUT2D eigenvalue weighted by atomic mass is 16.3. The van der Waals surface area contributed by atoms with E-state index in [2.05, 4.69) is 30.9 Å². The summed E-state index contributed by atoms with van der Waals surface area (Å²) in [5.41, 5.74) is -2.67. The van der Waals surface area contributed by atoms with Gasteiger partial charge in [0.05, 0.1) is 0 Å². The molecule has 40 heavy (non-hydrogen) atoms. The van der Waals surface area contributed by atoms with Crippen molar-refractivity contribution in [3.05, 3.63) is 84.5 Å². The van der Waals surface area contributed by atoms with Crippen molar-refractivity contribution in [2.24, 2.45) is 0 Å². The molecule has 0 spiro atoms. The van der Waals surface area contributed by atoms with Gasteiger partial charge in [0.25, 0.3) is 17.7 Å². The zero-order chi connectivity index (χ0) is 29.2. The van der Waals surface area contributed by atoms with Crippen LogP contribution in [-0.4, -0.2) is 92.2 Å². The fourth-order valence-corrected chi connectivity index (χ4v) is 3.50. The molecule has 16 heteroatoms. The molecule has 0 fully saturated rings. The van der Waals surface area contributed by atoms with Gasteiger partial charge in [-0.05, 0) is 18.2 Å². The van der Waals surface area contributed by atoms with Crippen LogP contribution in [0.25, 0.3) is 0 Å². The number of carbonyl (C=O) groups is 3. The minimum Gasteiger partial charge on any atom is -0.506 e. The molecule has 0 saturated heterocycles. The number of nitrogens with one attached hydrogen (secondary N) is 6. The lowest BCUT2D eigenvalue weighted by atomic mass is 10.3. The van der Waals surface area contributed by atoms with Gasteiger partial charge in [0.1, 0.15) is 34.3 Å². The van der Waals surface area contributed by atoms with Gasteiger partial charge in [0.15, 0.2) is 0 Å². The largest absolute Gasteiger partial charge is 0.506 e. The van der Waals surface area contributed by atoms with E-state index in [0.717, 1.165) is 36.4 Å². The number of nitrogens with zero attached hydrogens (tertiary/aromatic N) is 1. The van der Waals surface area contributed by atoms with Gasteiger partial charge in [0, 0.05) is 57.5 Å². The Morgan fingerprint density at radius 3 is 1.10 bits per heavy atom. The standard InChI is InChI=1S/C24H27N7O9/c32-13-1-4-16(35)28-19(13)22(38)25-7-10-31(11-8-26-23(39)20-14(33)2-5-17(36)29-20)12-9-27-24(40)21-15(34)3-6-18(37)30-21/h1-6,32-34H,7-12H2,(H,25,38)(H,26,39)(H,27,40)(H,28,35)(H,29,36)(H,30,37). The lowest BCUT2D eigenvalue weighted by Crippen LogP contribution is -2.43. The molecule has 0 aliphatic rings. The number of hydrogen-bond acceptors (Lipinski definition) is 10. The molecule has 212 valence electrons. The molecule has 9 N–H and O–H groups in total. The number of rotatable bonds is 12. The Morgan fingerprint density at radius 2 is 0.825 bits per heavy atom. The van der Waals surface area contributed by atoms with Gasteiger partial charge in [-0.2, -0.15) is 0 Å². The normalized spacial score (nSPS) is 10.7. The highest BCUT2D eigenvalue weighted by Gasteiger charge is 2.16. The van der Waals surface area contributed by atoms with E-state index < -0.39 is 51.6 Å². The maximum atomic E-state index is 12.4. The fraction of sp³-hybridized carbons (Fsp3) is 0.250. The molecule has 3 aromatic heterocycles. The van der Waals surface area contributed by atoms with Gasteiger partial charge in [-0.25, -0.2) is 0 Å². The van der Waals surface area contributed by atoms with Crippen molar-refractivity contribution in [3.8, 4) is 17.2 Å². The Bertz CT molecular complexity index is 1380. The summed E-state index contributed by atoms with van der Waals surface area (Å²) in [6.45, 7) is 0.687. The minimum atomic E-state index is -0.733. The zero-order valence-electron chi connectivity index (χ0n) is 20.9. The number of amides is 3. The van der Waals surface area contributed by atoms with Gasteiger partial charge >= 0.3 is 0 Å². The van der Waals surface area contributed by atoms with E-state index in [-0.39, 0.29) is 56.4 Å². The summed E-state index contributed by atoms with van der Waals surface area (Å²) in [5.74, 6) is -3.44. The molecule has 0 aromatic carbocycles. The second kappa shape index (κ2) is 13.4. The van der Waals surface area contributed by atoms with Crippen LogP contribution >= 0.6 is 0 Å². The van der Waals surface area contributed by atoms with Crippen LogP contribution in [0.4, 0.5) is 0 Å². The van der Waals surface area contributed by atoms with Gasteiger partial charge in [0.2, 0.25) is 16.7 Å². The number of hydrogen-bond donors (Lipinski definition) is 9. The van der Waals surface area contributed by atoms with Crippen LogP contribution in [0.2, 0.25) is 0 Å². The third kappa shape index (κ3) is 8.06. The van der Waals surface area contributed by atoms with Crippen LogP contribution in [0.15, 0.2) is 50.8 Å². The summed E-state index contributed by atoms with van der Waals surface area (Å²) in [4.78, 5) is 79.9. The number of aromatic nitrogens is 3. The lowest BCUT2D eigenvalue weighted by Gasteiger charge is -2.23. The topological polar surface area (TPSA) is 250 Å². The lowest BCUT2D eigenvalue weighted by molar-refractivity contribution is 0.0940. The molecule has 0 bridgehead atoms.